The van der Waals surface area contributed by atoms with E-state index in [0.29, 0.717) is 34.5 Å². The van der Waals surface area contributed by atoms with E-state index >= 15 is 0 Å². The summed E-state index contributed by atoms with van der Waals surface area (Å²) in [7, 11) is 3.12. The number of ether oxygens (including phenoxy) is 3. The highest BCUT2D eigenvalue weighted by molar-refractivity contribution is 5.53. The van der Waals surface area contributed by atoms with Gasteiger partial charge in [-0.05, 0) is 24.3 Å². The van der Waals surface area contributed by atoms with Gasteiger partial charge in [-0.3, -0.25) is 0 Å². The smallest absolute Gasteiger partial charge is 0.264 e. The number of rotatable bonds is 6. The lowest BCUT2D eigenvalue weighted by atomic mass is 10.2. The number of aromatic nitrogens is 2. The van der Waals surface area contributed by atoms with Crippen molar-refractivity contribution in [3.63, 3.8) is 0 Å². The van der Waals surface area contributed by atoms with Crippen LogP contribution in [0.4, 0.5) is 4.39 Å². The lowest BCUT2D eigenvalue weighted by Crippen LogP contribution is -1.97. The van der Waals surface area contributed by atoms with E-state index in [0.717, 1.165) is 0 Å². The van der Waals surface area contributed by atoms with Gasteiger partial charge in [0.1, 0.15) is 23.1 Å². The Kier molecular flexibility index (Phi) is 4.60. The molecule has 0 aliphatic heterocycles. The summed E-state index contributed by atoms with van der Waals surface area (Å²) < 4.78 is 34.1. The maximum Gasteiger partial charge on any atom is 0.264 e. The summed E-state index contributed by atoms with van der Waals surface area (Å²) in [5, 5.41) is 3.86. The lowest BCUT2D eigenvalue weighted by Gasteiger charge is -2.08. The zero-order chi connectivity index (χ0) is 16.9. The van der Waals surface area contributed by atoms with E-state index in [1.807, 2.05) is 0 Å². The molecule has 0 spiro atoms. The van der Waals surface area contributed by atoms with Crippen LogP contribution in [0.1, 0.15) is 5.89 Å². The van der Waals surface area contributed by atoms with Crippen LogP contribution in [0.15, 0.2) is 47.0 Å². The number of nitrogens with zero attached hydrogens (tertiary/aromatic N) is 2. The van der Waals surface area contributed by atoms with Crippen LogP contribution in [-0.2, 0) is 6.61 Å². The molecule has 1 heterocycles. The van der Waals surface area contributed by atoms with Crippen LogP contribution in [0.3, 0.4) is 0 Å². The Bertz CT molecular complexity index is 795. The molecule has 6 nitrogen and oxygen atoms in total. The Morgan fingerprint density at radius 3 is 2.21 bits per heavy atom. The first-order valence-electron chi connectivity index (χ1n) is 7.12. The van der Waals surface area contributed by atoms with Gasteiger partial charge in [0.05, 0.1) is 14.2 Å². The van der Waals surface area contributed by atoms with Crippen molar-refractivity contribution in [1.29, 1.82) is 0 Å². The van der Waals surface area contributed by atoms with Gasteiger partial charge in [-0.25, -0.2) is 4.39 Å². The van der Waals surface area contributed by atoms with Crippen molar-refractivity contribution in [2.24, 2.45) is 0 Å². The molecule has 0 radical (unpaired) electrons. The van der Waals surface area contributed by atoms with Gasteiger partial charge in [-0.2, -0.15) is 4.98 Å². The molecular weight excluding hydrogens is 315 g/mol. The molecule has 0 fully saturated rings. The lowest BCUT2D eigenvalue weighted by molar-refractivity contribution is 0.241. The van der Waals surface area contributed by atoms with Crippen LogP contribution in [0, 0.1) is 5.82 Å². The summed E-state index contributed by atoms with van der Waals surface area (Å²) in [5.41, 5.74) is 0.662. The fourth-order valence-corrected chi connectivity index (χ4v) is 2.04. The average Bonchev–Trinajstić information content (AvgIpc) is 3.09. The first-order chi connectivity index (χ1) is 11.7. The number of halogens is 1. The molecule has 0 aliphatic carbocycles. The average molecular weight is 330 g/mol. The third kappa shape index (κ3) is 3.62. The molecule has 0 saturated heterocycles. The third-order valence-corrected chi connectivity index (χ3v) is 3.26. The van der Waals surface area contributed by atoms with Crippen LogP contribution in [0.5, 0.6) is 17.2 Å². The van der Waals surface area contributed by atoms with Gasteiger partial charge in [0.2, 0.25) is 5.82 Å². The minimum absolute atomic E-state index is 0.0878. The van der Waals surface area contributed by atoms with Crippen LogP contribution < -0.4 is 14.2 Å². The van der Waals surface area contributed by atoms with E-state index < -0.39 is 0 Å². The van der Waals surface area contributed by atoms with Gasteiger partial charge in [0.15, 0.2) is 6.61 Å². The Morgan fingerprint density at radius 2 is 1.58 bits per heavy atom. The van der Waals surface area contributed by atoms with Gasteiger partial charge in [-0.15, -0.1) is 0 Å². The molecule has 24 heavy (non-hydrogen) atoms. The highest BCUT2D eigenvalue weighted by Crippen LogP contribution is 2.28. The van der Waals surface area contributed by atoms with Gasteiger partial charge < -0.3 is 18.7 Å². The van der Waals surface area contributed by atoms with Crippen molar-refractivity contribution >= 4 is 0 Å². The highest BCUT2D eigenvalue weighted by Gasteiger charge is 2.10. The summed E-state index contributed by atoms with van der Waals surface area (Å²) in [6.45, 7) is 0.0878. The van der Waals surface area contributed by atoms with E-state index in [1.165, 1.54) is 12.1 Å². The molecule has 0 saturated carbocycles. The summed E-state index contributed by atoms with van der Waals surface area (Å²) >= 11 is 0. The Balaban J connectivity index is 1.70. The van der Waals surface area contributed by atoms with Gasteiger partial charge >= 0.3 is 0 Å². The van der Waals surface area contributed by atoms with Crippen molar-refractivity contribution in [2.75, 3.05) is 14.2 Å². The second-order valence-electron chi connectivity index (χ2n) is 4.86. The van der Waals surface area contributed by atoms with E-state index in [9.17, 15) is 4.39 Å². The SMILES string of the molecule is COc1cc(OC)cc(OCc2nc(-c3ccc(F)cc3)no2)c1. The molecule has 0 bridgehead atoms. The van der Waals surface area contributed by atoms with Crippen LogP contribution >= 0.6 is 0 Å². The zero-order valence-corrected chi connectivity index (χ0v) is 13.2. The molecule has 124 valence electrons. The highest BCUT2D eigenvalue weighted by atomic mass is 19.1. The monoisotopic (exact) mass is 330 g/mol. The minimum Gasteiger partial charge on any atom is -0.496 e. The number of hydrogen-bond donors (Lipinski definition) is 0. The third-order valence-electron chi connectivity index (χ3n) is 3.26. The molecule has 0 aliphatic rings. The fraction of sp³-hybridized carbons (Fsp3) is 0.176. The van der Waals surface area contributed by atoms with Gasteiger partial charge in [0.25, 0.3) is 5.89 Å². The first kappa shape index (κ1) is 15.8. The summed E-state index contributed by atoms with van der Waals surface area (Å²) in [5.74, 6) is 2.13. The molecule has 0 N–H and O–H groups in total. The van der Waals surface area contributed by atoms with Crippen molar-refractivity contribution < 1.29 is 23.1 Å². The van der Waals surface area contributed by atoms with Crippen LogP contribution in [0.2, 0.25) is 0 Å². The second-order valence-corrected chi connectivity index (χ2v) is 4.86. The predicted octanol–water partition coefficient (Wildman–Crippen LogP) is 3.47. The molecular formula is C17H15FN2O4. The Labute approximate surface area is 137 Å². The number of methoxy groups -OCH3 is 2. The van der Waals surface area contributed by atoms with Gasteiger partial charge in [0, 0.05) is 23.8 Å². The van der Waals surface area contributed by atoms with Crippen molar-refractivity contribution in [3.8, 4) is 28.6 Å². The molecule has 1 aromatic heterocycles. The normalized spacial score (nSPS) is 10.5. The molecule has 3 aromatic rings. The van der Waals surface area contributed by atoms with Crippen molar-refractivity contribution in [3.05, 3.63) is 54.2 Å². The quantitative estimate of drug-likeness (QED) is 0.689. The van der Waals surface area contributed by atoms with Gasteiger partial charge in [-0.1, -0.05) is 5.16 Å². The minimum atomic E-state index is -0.322. The van der Waals surface area contributed by atoms with E-state index in [4.69, 9.17) is 18.7 Å². The molecule has 7 heteroatoms. The summed E-state index contributed by atoms with van der Waals surface area (Å²) in [6.07, 6.45) is 0. The Hall–Kier alpha value is -3.09. The first-order valence-corrected chi connectivity index (χ1v) is 7.12. The maximum absolute atomic E-state index is 12.9. The maximum atomic E-state index is 12.9. The number of hydrogen-bond acceptors (Lipinski definition) is 6. The van der Waals surface area contributed by atoms with Crippen molar-refractivity contribution in [2.45, 2.75) is 6.61 Å². The second kappa shape index (κ2) is 6.99. The molecule has 0 atom stereocenters. The molecule has 3 rings (SSSR count). The standard InChI is InChI=1S/C17H15FN2O4/c1-21-13-7-14(22-2)9-15(8-13)23-10-16-19-17(20-24-16)11-3-5-12(18)6-4-11/h3-9H,10H2,1-2H3. The topological polar surface area (TPSA) is 66.6 Å². The summed E-state index contributed by atoms with van der Waals surface area (Å²) in [4.78, 5) is 4.22. The predicted molar refractivity (Wildman–Crippen MR) is 83.6 cm³/mol. The summed E-state index contributed by atoms with van der Waals surface area (Å²) in [6, 6.07) is 11.0. The van der Waals surface area contributed by atoms with E-state index in [2.05, 4.69) is 10.1 Å². The molecule has 0 unspecified atom stereocenters. The van der Waals surface area contributed by atoms with E-state index in [1.54, 1.807) is 44.6 Å². The Morgan fingerprint density at radius 1 is 0.958 bits per heavy atom. The molecule has 2 aromatic carbocycles. The largest absolute Gasteiger partial charge is 0.496 e. The zero-order valence-electron chi connectivity index (χ0n) is 13.2. The number of benzene rings is 2. The van der Waals surface area contributed by atoms with Crippen LogP contribution in [-0.4, -0.2) is 24.4 Å². The van der Waals surface area contributed by atoms with Crippen LogP contribution in [0.25, 0.3) is 11.4 Å². The molecule has 0 amide bonds. The van der Waals surface area contributed by atoms with E-state index in [-0.39, 0.29) is 12.4 Å². The fourth-order valence-electron chi connectivity index (χ4n) is 2.04. The van der Waals surface area contributed by atoms with Crippen molar-refractivity contribution in [1.82, 2.24) is 10.1 Å².